The Hall–Kier alpha value is -3.53. The molecule has 0 amide bonds. The average molecular weight is 336 g/mol. The van der Waals surface area contributed by atoms with E-state index in [9.17, 15) is 0 Å². The van der Waals surface area contributed by atoms with E-state index in [1.54, 1.807) is 12.5 Å². The summed E-state index contributed by atoms with van der Waals surface area (Å²) in [6, 6.07) is 23.1. The molecule has 0 unspecified atom stereocenters. The van der Waals surface area contributed by atoms with Crippen LogP contribution in [0.5, 0.6) is 0 Å². The largest absolute Gasteiger partial charge is 0.276 e. The normalized spacial score (nSPS) is 11.3. The third-order valence-electron chi connectivity index (χ3n) is 4.64. The predicted octanol–water partition coefficient (Wildman–Crippen LogP) is 4.94. The van der Waals surface area contributed by atoms with Crippen molar-refractivity contribution in [3.63, 3.8) is 0 Å². The summed E-state index contributed by atoms with van der Waals surface area (Å²) in [4.78, 5) is 13.5. The number of fused-ring (bicyclic) bond motifs is 2. The number of aryl methyl sites for hydroxylation is 1. The van der Waals surface area contributed by atoms with E-state index in [-0.39, 0.29) is 0 Å². The van der Waals surface area contributed by atoms with Gasteiger partial charge in [-0.25, -0.2) is 15.0 Å². The lowest BCUT2D eigenvalue weighted by atomic mass is 10.1. The van der Waals surface area contributed by atoms with E-state index in [1.165, 1.54) is 16.3 Å². The van der Waals surface area contributed by atoms with E-state index in [2.05, 4.69) is 88.2 Å². The molecule has 3 aromatic carbocycles. The van der Waals surface area contributed by atoms with Gasteiger partial charge in [-0.05, 0) is 18.4 Å². The summed E-state index contributed by atoms with van der Waals surface area (Å²) in [5, 5.41) is 2.36. The zero-order valence-corrected chi connectivity index (χ0v) is 14.3. The first-order valence-corrected chi connectivity index (χ1v) is 8.55. The van der Waals surface area contributed by atoms with Gasteiger partial charge >= 0.3 is 0 Å². The Labute approximate surface area is 150 Å². The Morgan fingerprint density at radius 1 is 0.846 bits per heavy atom. The van der Waals surface area contributed by atoms with Crippen molar-refractivity contribution < 1.29 is 0 Å². The molecule has 0 radical (unpaired) electrons. The molecule has 0 bridgehead atoms. The smallest absolute Gasteiger partial charge is 0.168 e. The van der Waals surface area contributed by atoms with E-state index in [0.717, 1.165) is 28.2 Å². The highest BCUT2D eigenvalue weighted by molar-refractivity contribution is 5.93. The van der Waals surface area contributed by atoms with Crippen LogP contribution in [0.4, 0.5) is 0 Å². The third-order valence-corrected chi connectivity index (χ3v) is 4.64. The Morgan fingerprint density at radius 3 is 2.54 bits per heavy atom. The van der Waals surface area contributed by atoms with Crippen molar-refractivity contribution in [3.8, 4) is 17.1 Å². The van der Waals surface area contributed by atoms with Crippen molar-refractivity contribution in [1.82, 2.24) is 19.5 Å². The van der Waals surface area contributed by atoms with Crippen LogP contribution >= 0.6 is 0 Å². The van der Waals surface area contributed by atoms with Crippen molar-refractivity contribution in [1.29, 1.82) is 0 Å². The lowest BCUT2D eigenvalue weighted by Crippen LogP contribution is -2.00. The molecule has 26 heavy (non-hydrogen) atoms. The summed E-state index contributed by atoms with van der Waals surface area (Å²) >= 11 is 0. The average Bonchev–Trinajstić information content (AvgIpc) is 3.07. The minimum absolute atomic E-state index is 0.788. The van der Waals surface area contributed by atoms with Gasteiger partial charge in [0.25, 0.3) is 0 Å². The van der Waals surface area contributed by atoms with Crippen molar-refractivity contribution in [3.05, 3.63) is 84.8 Å². The standard InChI is InChI=1S/C22H16N4/c1-15-9-11-17(12-10-15)21-25-19-13-23-14-24-22(19)26(21)20-8-4-6-16-5-2-3-7-18(16)20/h2-14H,1H3. The second kappa shape index (κ2) is 5.77. The Bertz CT molecular complexity index is 1230. The number of aromatic nitrogens is 4. The quantitative estimate of drug-likeness (QED) is 0.458. The van der Waals surface area contributed by atoms with Gasteiger partial charge in [0.05, 0.1) is 11.9 Å². The summed E-state index contributed by atoms with van der Waals surface area (Å²) in [5.74, 6) is 0.872. The van der Waals surface area contributed by atoms with Crippen LogP contribution in [0.25, 0.3) is 39.0 Å². The van der Waals surface area contributed by atoms with Crippen LogP contribution in [-0.2, 0) is 0 Å². The van der Waals surface area contributed by atoms with Crippen LogP contribution in [0.15, 0.2) is 79.3 Å². The van der Waals surface area contributed by atoms with Crippen LogP contribution in [0.2, 0.25) is 0 Å². The maximum atomic E-state index is 4.83. The van der Waals surface area contributed by atoms with Gasteiger partial charge in [0.2, 0.25) is 0 Å². The molecule has 5 aromatic rings. The summed E-state index contributed by atoms with van der Waals surface area (Å²) in [6.07, 6.45) is 3.34. The summed E-state index contributed by atoms with van der Waals surface area (Å²) in [5.41, 5.74) is 4.95. The zero-order chi connectivity index (χ0) is 17.5. The van der Waals surface area contributed by atoms with Gasteiger partial charge in [0, 0.05) is 10.9 Å². The molecular formula is C22H16N4. The van der Waals surface area contributed by atoms with E-state index in [0.29, 0.717) is 0 Å². The van der Waals surface area contributed by atoms with Crippen molar-refractivity contribution in [2.75, 3.05) is 0 Å². The lowest BCUT2D eigenvalue weighted by molar-refractivity contribution is 1.08. The SMILES string of the molecule is Cc1ccc(-c2nc3cncnc3n2-c2cccc3ccccc23)cc1. The van der Waals surface area contributed by atoms with E-state index in [1.807, 2.05) is 0 Å². The van der Waals surface area contributed by atoms with Gasteiger partial charge in [-0.3, -0.25) is 4.57 Å². The number of nitrogens with zero attached hydrogens (tertiary/aromatic N) is 4. The third kappa shape index (κ3) is 2.27. The first kappa shape index (κ1) is 14.8. The van der Waals surface area contributed by atoms with Crippen molar-refractivity contribution in [2.45, 2.75) is 6.92 Å². The van der Waals surface area contributed by atoms with Gasteiger partial charge in [-0.2, -0.15) is 0 Å². The first-order valence-electron chi connectivity index (χ1n) is 8.55. The topological polar surface area (TPSA) is 43.6 Å². The Balaban J connectivity index is 1.89. The van der Waals surface area contributed by atoms with E-state index < -0.39 is 0 Å². The van der Waals surface area contributed by atoms with Gasteiger partial charge in [0.15, 0.2) is 5.65 Å². The van der Waals surface area contributed by atoms with E-state index >= 15 is 0 Å². The van der Waals surface area contributed by atoms with Crippen molar-refractivity contribution >= 4 is 21.9 Å². The molecule has 0 aliphatic rings. The first-order chi connectivity index (χ1) is 12.8. The molecule has 0 saturated heterocycles. The molecule has 2 heterocycles. The molecule has 4 heteroatoms. The molecule has 0 aliphatic heterocycles. The predicted molar refractivity (Wildman–Crippen MR) is 104 cm³/mol. The second-order valence-corrected chi connectivity index (χ2v) is 6.37. The molecule has 0 spiro atoms. The molecule has 2 aromatic heterocycles. The highest BCUT2D eigenvalue weighted by Gasteiger charge is 2.16. The minimum Gasteiger partial charge on any atom is -0.276 e. The van der Waals surface area contributed by atoms with Crippen molar-refractivity contribution in [2.24, 2.45) is 0 Å². The maximum Gasteiger partial charge on any atom is 0.168 e. The van der Waals surface area contributed by atoms with Gasteiger partial charge in [0.1, 0.15) is 17.7 Å². The molecule has 0 atom stereocenters. The molecular weight excluding hydrogens is 320 g/mol. The van der Waals surface area contributed by atoms with Gasteiger partial charge < -0.3 is 0 Å². The fraction of sp³-hybridized carbons (Fsp3) is 0.0455. The lowest BCUT2D eigenvalue weighted by Gasteiger charge is -2.12. The Kier molecular flexibility index (Phi) is 3.28. The van der Waals surface area contributed by atoms with Crippen LogP contribution in [0, 0.1) is 6.92 Å². The van der Waals surface area contributed by atoms with Crippen LogP contribution in [0.1, 0.15) is 5.56 Å². The van der Waals surface area contributed by atoms with Crippen LogP contribution in [0.3, 0.4) is 0 Å². The fourth-order valence-corrected chi connectivity index (χ4v) is 3.36. The number of hydrogen-bond acceptors (Lipinski definition) is 3. The highest BCUT2D eigenvalue weighted by atomic mass is 15.1. The van der Waals surface area contributed by atoms with Gasteiger partial charge in [-0.15, -0.1) is 0 Å². The Morgan fingerprint density at radius 2 is 1.65 bits per heavy atom. The maximum absolute atomic E-state index is 4.83. The molecule has 0 aliphatic carbocycles. The summed E-state index contributed by atoms with van der Waals surface area (Å²) in [6.45, 7) is 2.09. The number of hydrogen-bond donors (Lipinski definition) is 0. The monoisotopic (exact) mass is 336 g/mol. The minimum atomic E-state index is 0.788. The fourth-order valence-electron chi connectivity index (χ4n) is 3.36. The summed E-state index contributed by atoms with van der Waals surface area (Å²) < 4.78 is 2.13. The molecule has 5 rings (SSSR count). The van der Waals surface area contributed by atoms with Crippen LogP contribution < -0.4 is 0 Å². The molecule has 124 valence electrons. The second-order valence-electron chi connectivity index (χ2n) is 6.37. The molecule has 4 nitrogen and oxygen atoms in total. The number of rotatable bonds is 2. The number of benzene rings is 3. The zero-order valence-electron chi connectivity index (χ0n) is 14.3. The molecule has 0 saturated carbocycles. The highest BCUT2D eigenvalue weighted by Crippen LogP contribution is 2.31. The summed E-state index contributed by atoms with van der Waals surface area (Å²) in [7, 11) is 0. The van der Waals surface area contributed by atoms with Crippen LogP contribution in [-0.4, -0.2) is 19.5 Å². The van der Waals surface area contributed by atoms with Gasteiger partial charge in [-0.1, -0.05) is 66.2 Å². The number of imidazole rings is 1. The van der Waals surface area contributed by atoms with E-state index in [4.69, 9.17) is 4.98 Å². The molecule has 0 N–H and O–H groups in total. The molecule has 0 fully saturated rings.